The molecular formula is C16H15BrFNO. The van der Waals surface area contributed by atoms with Crippen molar-refractivity contribution in [2.24, 2.45) is 0 Å². The average Bonchev–Trinajstić information content (AvgIpc) is 2.44. The fourth-order valence-electron chi connectivity index (χ4n) is 1.85. The lowest BCUT2D eigenvalue weighted by molar-refractivity contribution is -0.120. The summed E-state index contributed by atoms with van der Waals surface area (Å²) in [5, 5.41) is 2.75. The van der Waals surface area contributed by atoms with Crippen LogP contribution in [0.2, 0.25) is 0 Å². The summed E-state index contributed by atoms with van der Waals surface area (Å²) in [7, 11) is 0. The number of hydrogen-bond donors (Lipinski definition) is 1. The quantitative estimate of drug-likeness (QED) is 0.878. The molecule has 1 amide bonds. The monoisotopic (exact) mass is 335 g/mol. The summed E-state index contributed by atoms with van der Waals surface area (Å²) in [6, 6.07) is 14.0. The fourth-order valence-corrected chi connectivity index (χ4v) is 2.09. The van der Waals surface area contributed by atoms with Gasteiger partial charge in [0.1, 0.15) is 5.82 Å². The molecule has 0 fully saturated rings. The van der Waals surface area contributed by atoms with Crippen LogP contribution in [0.3, 0.4) is 0 Å². The smallest absolute Gasteiger partial charge is 0.234 e. The predicted molar refractivity (Wildman–Crippen MR) is 82.2 cm³/mol. The van der Waals surface area contributed by atoms with Gasteiger partial charge in [-0.15, -0.1) is 0 Å². The zero-order chi connectivity index (χ0) is 14.8. The highest BCUT2D eigenvalue weighted by Gasteiger charge is 2.29. The van der Waals surface area contributed by atoms with Gasteiger partial charge in [-0.2, -0.15) is 0 Å². The first-order valence-electron chi connectivity index (χ1n) is 6.23. The van der Waals surface area contributed by atoms with E-state index in [4.69, 9.17) is 0 Å². The second-order valence-corrected chi connectivity index (χ2v) is 5.93. The van der Waals surface area contributed by atoms with Crippen LogP contribution in [0, 0.1) is 5.82 Å². The highest BCUT2D eigenvalue weighted by molar-refractivity contribution is 9.10. The lowest BCUT2D eigenvalue weighted by Crippen LogP contribution is -2.34. The molecule has 0 aliphatic heterocycles. The molecule has 0 radical (unpaired) electrons. The first-order chi connectivity index (χ1) is 9.41. The first kappa shape index (κ1) is 14.7. The Morgan fingerprint density at radius 1 is 1.15 bits per heavy atom. The van der Waals surface area contributed by atoms with Crippen LogP contribution in [-0.2, 0) is 10.2 Å². The van der Waals surface area contributed by atoms with Gasteiger partial charge < -0.3 is 5.32 Å². The minimum absolute atomic E-state index is 0.176. The first-order valence-corrected chi connectivity index (χ1v) is 7.02. The van der Waals surface area contributed by atoms with Gasteiger partial charge in [0.25, 0.3) is 0 Å². The number of halogens is 2. The molecule has 0 saturated heterocycles. The van der Waals surface area contributed by atoms with Crippen LogP contribution in [0.5, 0.6) is 0 Å². The van der Waals surface area contributed by atoms with Gasteiger partial charge in [-0.25, -0.2) is 4.39 Å². The molecular weight excluding hydrogens is 321 g/mol. The normalized spacial score (nSPS) is 11.2. The maximum atomic E-state index is 13.5. The van der Waals surface area contributed by atoms with E-state index in [0.717, 1.165) is 5.56 Å². The number of anilines is 1. The molecule has 4 heteroatoms. The number of carbonyl (C=O) groups excluding carboxylic acids is 1. The second kappa shape index (κ2) is 5.75. The van der Waals surface area contributed by atoms with E-state index in [0.29, 0.717) is 10.2 Å². The molecule has 0 atom stereocenters. The van der Waals surface area contributed by atoms with Crippen LogP contribution in [0.25, 0.3) is 0 Å². The van der Waals surface area contributed by atoms with Gasteiger partial charge in [-0.3, -0.25) is 4.79 Å². The molecule has 20 heavy (non-hydrogen) atoms. The lowest BCUT2D eigenvalue weighted by Gasteiger charge is -2.24. The third-order valence-corrected chi connectivity index (χ3v) is 3.88. The zero-order valence-corrected chi connectivity index (χ0v) is 12.9. The van der Waals surface area contributed by atoms with E-state index in [-0.39, 0.29) is 5.91 Å². The van der Waals surface area contributed by atoms with Crippen LogP contribution in [0.15, 0.2) is 53.0 Å². The van der Waals surface area contributed by atoms with Crippen molar-refractivity contribution < 1.29 is 9.18 Å². The van der Waals surface area contributed by atoms with Gasteiger partial charge >= 0.3 is 0 Å². The molecule has 2 rings (SSSR count). The topological polar surface area (TPSA) is 29.1 Å². The Bertz CT molecular complexity index is 626. The van der Waals surface area contributed by atoms with Gasteiger partial charge in [0.15, 0.2) is 0 Å². The molecule has 2 aromatic carbocycles. The Balaban J connectivity index is 2.21. The highest BCUT2D eigenvalue weighted by Crippen LogP contribution is 2.26. The number of hydrogen-bond acceptors (Lipinski definition) is 1. The summed E-state index contributed by atoms with van der Waals surface area (Å²) in [6.07, 6.45) is 0. The standard InChI is InChI=1S/C16H15BrFNO/c1-16(2,11-6-4-3-5-7-11)15(20)19-12-8-9-13(17)14(18)10-12/h3-10H,1-2H3,(H,19,20). The Morgan fingerprint density at radius 2 is 1.80 bits per heavy atom. The molecule has 0 bridgehead atoms. The molecule has 0 aliphatic carbocycles. The van der Waals surface area contributed by atoms with Crippen molar-refractivity contribution in [3.05, 3.63) is 64.4 Å². The Hall–Kier alpha value is -1.68. The van der Waals surface area contributed by atoms with Crippen molar-refractivity contribution in [3.63, 3.8) is 0 Å². The number of nitrogens with one attached hydrogen (secondary N) is 1. The summed E-state index contributed by atoms with van der Waals surface area (Å²) < 4.78 is 13.8. The van der Waals surface area contributed by atoms with Gasteiger partial charge in [-0.1, -0.05) is 30.3 Å². The summed E-state index contributed by atoms with van der Waals surface area (Å²) in [6.45, 7) is 3.68. The number of rotatable bonds is 3. The molecule has 0 aliphatic rings. The summed E-state index contributed by atoms with van der Waals surface area (Å²) in [5.41, 5.74) is 0.667. The molecule has 104 valence electrons. The molecule has 0 heterocycles. The molecule has 0 unspecified atom stereocenters. The van der Waals surface area contributed by atoms with Crippen LogP contribution in [0.4, 0.5) is 10.1 Å². The van der Waals surface area contributed by atoms with Crippen molar-refractivity contribution in [2.45, 2.75) is 19.3 Å². The van der Waals surface area contributed by atoms with E-state index in [9.17, 15) is 9.18 Å². The minimum atomic E-state index is -0.690. The van der Waals surface area contributed by atoms with Crippen molar-refractivity contribution in [1.82, 2.24) is 0 Å². The van der Waals surface area contributed by atoms with Crippen molar-refractivity contribution in [2.75, 3.05) is 5.32 Å². The largest absolute Gasteiger partial charge is 0.325 e. The Labute approximate surface area is 126 Å². The van der Waals surface area contributed by atoms with Crippen molar-refractivity contribution >= 4 is 27.5 Å². The maximum Gasteiger partial charge on any atom is 0.234 e. The Kier molecular flexibility index (Phi) is 4.23. The lowest BCUT2D eigenvalue weighted by atomic mass is 9.83. The van der Waals surface area contributed by atoms with Gasteiger partial charge in [0.05, 0.1) is 9.89 Å². The van der Waals surface area contributed by atoms with Crippen molar-refractivity contribution in [1.29, 1.82) is 0 Å². The third-order valence-electron chi connectivity index (χ3n) is 3.24. The third kappa shape index (κ3) is 3.07. The van der Waals surface area contributed by atoms with Crippen LogP contribution in [-0.4, -0.2) is 5.91 Å². The fraction of sp³-hybridized carbons (Fsp3) is 0.188. The van der Waals surface area contributed by atoms with Crippen LogP contribution < -0.4 is 5.32 Å². The average molecular weight is 336 g/mol. The van der Waals surface area contributed by atoms with E-state index in [1.54, 1.807) is 12.1 Å². The van der Waals surface area contributed by atoms with Crippen LogP contribution >= 0.6 is 15.9 Å². The molecule has 0 aromatic heterocycles. The number of carbonyl (C=O) groups is 1. The second-order valence-electron chi connectivity index (χ2n) is 5.07. The number of benzene rings is 2. The maximum absolute atomic E-state index is 13.5. The van der Waals surface area contributed by atoms with E-state index in [1.165, 1.54) is 6.07 Å². The molecule has 2 aromatic rings. The number of amides is 1. The molecule has 2 nitrogen and oxygen atoms in total. The Morgan fingerprint density at radius 3 is 2.40 bits per heavy atom. The van der Waals surface area contributed by atoms with Crippen LogP contribution in [0.1, 0.15) is 19.4 Å². The van der Waals surface area contributed by atoms with Crippen molar-refractivity contribution in [3.8, 4) is 0 Å². The van der Waals surface area contributed by atoms with Gasteiger partial charge in [0.2, 0.25) is 5.91 Å². The van der Waals surface area contributed by atoms with E-state index < -0.39 is 11.2 Å². The van der Waals surface area contributed by atoms with E-state index >= 15 is 0 Å². The molecule has 0 saturated carbocycles. The zero-order valence-electron chi connectivity index (χ0n) is 11.3. The summed E-state index contributed by atoms with van der Waals surface area (Å²) in [4.78, 5) is 12.4. The van der Waals surface area contributed by atoms with Gasteiger partial charge in [0, 0.05) is 5.69 Å². The van der Waals surface area contributed by atoms with E-state index in [2.05, 4.69) is 21.2 Å². The van der Waals surface area contributed by atoms with E-state index in [1.807, 2.05) is 44.2 Å². The predicted octanol–water partition coefficient (Wildman–Crippen LogP) is 4.50. The van der Waals surface area contributed by atoms with Gasteiger partial charge in [-0.05, 0) is 53.5 Å². The SMILES string of the molecule is CC(C)(C(=O)Nc1ccc(Br)c(F)c1)c1ccccc1. The molecule has 0 spiro atoms. The summed E-state index contributed by atoms with van der Waals surface area (Å²) >= 11 is 3.08. The molecule has 1 N–H and O–H groups in total. The highest BCUT2D eigenvalue weighted by atomic mass is 79.9. The summed E-state index contributed by atoms with van der Waals surface area (Å²) in [5.74, 6) is -0.578. The minimum Gasteiger partial charge on any atom is -0.325 e.